The minimum atomic E-state index is -2.62. The lowest BCUT2D eigenvalue weighted by atomic mass is 10.0. The summed E-state index contributed by atoms with van der Waals surface area (Å²) in [6, 6.07) is 19.1. The molecule has 0 unspecified atom stereocenters. The molecule has 36 heavy (non-hydrogen) atoms. The maximum Gasteiger partial charge on any atom is 0.501 e. The van der Waals surface area contributed by atoms with E-state index in [-0.39, 0.29) is 0 Å². The molecule has 0 atom stereocenters. The van der Waals surface area contributed by atoms with E-state index in [1.807, 2.05) is 41.5 Å². The molecule has 0 aliphatic carbocycles. The molecular weight excluding hydrogens is 488 g/mol. The van der Waals surface area contributed by atoms with Gasteiger partial charge < -0.3 is 26.6 Å². The van der Waals surface area contributed by atoms with Crippen LogP contribution in [0.4, 0.5) is 0 Å². The second-order valence-electron chi connectivity index (χ2n) is 8.36. The molecule has 0 aliphatic heterocycles. The standard InChI is InChI=1S/C28H46O6Si2/c1-7-29-35(30-8-2,31-9-3)23-21-25-13-17-27(18-14-25)28-19-15-26(16-20-28)22-24-36(32-10-4,33-11-5)34-12-6/h13-20H,7-12,21-24H2,1-6H3. The van der Waals surface area contributed by atoms with Crippen LogP contribution >= 0.6 is 0 Å². The zero-order valence-corrected chi connectivity index (χ0v) is 25.1. The first kappa shape index (κ1) is 30.9. The van der Waals surface area contributed by atoms with Crippen molar-refractivity contribution in [1.82, 2.24) is 0 Å². The zero-order chi connectivity index (χ0) is 26.3. The van der Waals surface area contributed by atoms with E-state index in [2.05, 4.69) is 48.5 Å². The first-order valence-electron chi connectivity index (χ1n) is 13.5. The molecule has 0 amide bonds. The predicted molar refractivity (Wildman–Crippen MR) is 150 cm³/mol. The summed E-state index contributed by atoms with van der Waals surface area (Å²) in [6.07, 6.45) is 1.74. The Hall–Kier alpha value is -1.37. The summed E-state index contributed by atoms with van der Waals surface area (Å²) in [5.41, 5.74) is 4.93. The van der Waals surface area contributed by atoms with Gasteiger partial charge in [0.25, 0.3) is 0 Å². The van der Waals surface area contributed by atoms with Crippen LogP contribution in [0.25, 0.3) is 11.1 Å². The molecule has 8 heteroatoms. The Bertz CT molecular complexity index is 739. The quantitative estimate of drug-likeness (QED) is 0.191. The summed E-state index contributed by atoms with van der Waals surface area (Å²) in [4.78, 5) is 0. The Morgan fingerprint density at radius 3 is 0.889 bits per heavy atom. The molecule has 0 radical (unpaired) electrons. The SMILES string of the molecule is CCO[Si](CCc1ccc(-c2ccc(CC[Si](OCC)(OCC)OCC)cc2)cc1)(OCC)OCC. The van der Waals surface area contributed by atoms with Crippen LogP contribution in [-0.2, 0) is 39.4 Å². The Morgan fingerprint density at radius 2 is 0.667 bits per heavy atom. The normalized spacial score (nSPS) is 12.3. The van der Waals surface area contributed by atoms with E-state index in [0.29, 0.717) is 39.6 Å². The van der Waals surface area contributed by atoms with Crippen LogP contribution in [0, 0.1) is 0 Å². The number of aryl methyl sites for hydroxylation is 2. The molecule has 2 aromatic carbocycles. The van der Waals surface area contributed by atoms with E-state index in [1.54, 1.807) is 0 Å². The Balaban J connectivity index is 2.01. The van der Waals surface area contributed by atoms with Gasteiger partial charge in [-0.3, -0.25) is 0 Å². The Kier molecular flexibility index (Phi) is 14.1. The third-order valence-electron chi connectivity index (χ3n) is 5.87. The van der Waals surface area contributed by atoms with E-state index in [4.69, 9.17) is 26.6 Å². The monoisotopic (exact) mass is 534 g/mol. The van der Waals surface area contributed by atoms with Gasteiger partial charge in [-0.2, -0.15) is 0 Å². The fraction of sp³-hybridized carbons (Fsp3) is 0.571. The van der Waals surface area contributed by atoms with Crippen LogP contribution in [-0.4, -0.2) is 57.3 Å². The summed E-state index contributed by atoms with van der Waals surface area (Å²) in [6.45, 7) is 15.6. The fourth-order valence-electron chi connectivity index (χ4n) is 4.33. The second-order valence-corrected chi connectivity index (χ2v) is 13.8. The molecular formula is C28H46O6Si2. The van der Waals surface area contributed by atoms with Crippen molar-refractivity contribution < 1.29 is 26.6 Å². The van der Waals surface area contributed by atoms with Gasteiger partial charge in [-0.05, 0) is 76.6 Å². The molecule has 0 spiro atoms. The van der Waals surface area contributed by atoms with Gasteiger partial charge in [0.2, 0.25) is 0 Å². The van der Waals surface area contributed by atoms with E-state index < -0.39 is 17.6 Å². The van der Waals surface area contributed by atoms with E-state index in [9.17, 15) is 0 Å². The van der Waals surface area contributed by atoms with Crippen LogP contribution in [0.1, 0.15) is 52.7 Å². The second kappa shape index (κ2) is 16.5. The lowest BCUT2D eigenvalue weighted by Crippen LogP contribution is -2.46. The van der Waals surface area contributed by atoms with E-state index in [1.165, 1.54) is 22.3 Å². The number of hydrogen-bond donors (Lipinski definition) is 0. The van der Waals surface area contributed by atoms with Crippen LogP contribution < -0.4 is 0 Å². The minimum Gasteiger partial charge on any atom is -0.374 e. The van der Waals surface area contributed by atoms with Crippen molar-refractivity contribution in [1.29, 1.82) is 0 Å². The highest BCUT2D eigenvalue weighted by molar-refractivity contribution is 6.61. The van der Waals surface area contributed by atoms with Gasteiger partial charge in [-0.15, -0.1) is 0 Å². The summed E-state index contributed by atoms with van der Waals surface area (Å²) in [7, 11) is -5.25. The maximum atomic E-state index is 5.99. The summed E-state index contributed by atoms with van der Waals surface area (Å²) in [5, 5.41) is 0. The molecule has 0 N–H and O–H groups in total. The van der Waals surface area contributed by atoms with Crippen LogP contribution in [0.5, 0.6) is 0 Å². The highest BCUT2D eigenvalue weighted by Crippen LogP contribution is 2.25. The highest BCUT2D eigenvalue weighted by atomic mass is 28.4. The average molecular weight is 535 g/mol. The van der Waals surface area contributed by atoms with Gasteiger partial charge in [0.05, 0.1) is 0 Å². The van der Waals surface area contributed by atoms with Gasteiger partial charge in [0.15, 0.2) is 0 Å². The Morgan fingerprint density at radius 1 is 0.417 bits per heavy atom. The average Bonchev–Trinajstić information content (AvgIpc) is 2.88. The molecule has 0 heterocycles. The molecule has 2 aromatic rings. The first-order chi connectivity index (χ1) is 17.5. The van der Waals surface area contributed by atoms with Crippen molar-refractivity contribution in [2.75, 3.05) is 39.6 Å². The summed E-state index contributed by atoms with van der Waals surface area (Å²) >= 11 is 0. The van der Waals surface area contributed by atoms with Crippen molar-refractivity contribution in [3.05, 3.63) is 59.7 Å². The molecule has 6 nitrogen and oxygen atoms in total. The van der Waals surface area contributed by atoms with Gasteiger partial charge in [0.1, 0.15) is 0 Å². The Labute approximate surface area is 221 Å². The lowest BCUT2D eigenvalue weighted by molar-refractivity contribution is 0.0706. The topological polar surface area (TPSA) is 55.4 Å². The van der Waals surface area contributed by atoms with Crippen molar-refractivity contribution in [2.24, 2.45) is 0 Å². The van der Waals surface area contributed by atoms with Crippen LogP contribution in [0.3, 0.4) is 0 Å². The predicted octanol–water partition coefficient (Wildman–Crippen LogP) is 6.54. The smallest absolute Gasteiger partial charge is 0.374 e. The molecule has 0 aliphatic rings. The van der Waals surface area contributed by atoms with Gasteiger partial charge in [-0.1, -0.05) is 48.5 Å². The molecule has 0 saturated carbocycles. The van der Waals surface area contributed by atoms with Crippen LogP contribution in [0.2, 0.25) is 12.1 Å². The van der Waals surface area contributed by atoms with Gasteiger partial charge in [0, 0.05) is 51.7 Å². The van der Waals surface area contributed by atoms with Crippen molar-refractivity contribution in [3.8, 4) is 11.1 Å². The molecule has 0 saturated heterocycles. The zero-order valence-electron chi connectivity index (χ0n) is 23.1. The van der Waals surface area contributed by atoms with Crippen molar-refractivity contribution in [2.45, 2.75) is 66.5 Å². The van der Waals surface area contributed by atoms with E-state index >= 15 is 0 Å². The molecule has 0 bridgehead atoms. The van der Waals surface area contributed by atoms with E-state index in [0.717, 1.165) is 24.9 Å². The third kappa shape index (κ3) is 9.50. The van der Waals surface area contributed by atoms with Crippen molar-refractivity contribution in [3.63, 3.8) is 0 Å². The van der Waals surface area contributed by atoms with Gasteiger partial charge in [-0.25, -0.2) is 0 Å². The largest absolute Gasteiger partial charge is 0.501 e. The fourth-order valence-corrected chi connectivity index (χ4v) is 9.52. The third-order valence-corrected chi connectivity index (χ3v) is 12.0. The summed E-state index contributed by atoms with van der Waals surface area (Å²) in [5.74, 6) is 0. The molecule has 0 fully saturated rings. The van der Waals surface area contributed by atoms with Gasteiger partial charge >= 0.3 is 17.6 Å². The van der Waals surface area contributed by atoms with Crippen LogP contribution in [0.15, 0.2) is 48.5 Å². The highest BCUT2D eigenvalue weighted by Gasteiger charge is 2.40. The number of rotatable bonds is 19. The molecule has 2 rings (SSSR count). The number of benzene rings is 2. The maximum absolute atomic E-state index is 5.99. The number of hydrogen-bond acceptors (Lipinski definition) is 6. The molecule has 0 aromatic heterocycles. The first-order valence-corrected chi connectivity index (χ1v) is 17.4. The molecule has 202 valence electrons. The van der Waals surface area contributed by atoms with Crippen molar-refractivity contribution >= 4 is 17.6 Å². The summed E-state index contributed by atoms with van der Waals surface area (Å²) < 4.78 is 35.9. The lowest BCUT2D eigenvalue weighted by Gasteiger charge is -2.28. The minimum absolute atomic E-state index is 0.604.